The molecule has 0 aliphatic heterocycles. The monoisotopic (exact) mass is 184 g/mol. The summed E-state index contributed by atoms with van der Waals surface area (Å²) in [5.41, 5.74) is -0.494. The van der Waals surface area contributed by atoms with Gasteiger partial charge in [0.25, 0.3) is 0 Å². The second-order valence-corrected chi connectivity index (χ2v) is 3.45. The highest BCUT2D eigenvalue weighted by atomic mass is 16.5. The first-order valence-electron chi connectivity index (χ1n) is 4.91. The molecular weight excluding hydrogens is 164 g/mol. The lowest BCUT2D eigenvalue weighted by Crippen LogP contribution is -2.27. The van der Waals surface area contributed by atoms with E-state index in [9.17, 15) is 4.79 Å². The number of carbonyl (C=O) groups excluding carboxylic acids is 1. The first-order valence-corrected chi connectivity index (χ1v) is 4.91. The van der Waals surface area contributed by atoms with Crippen molar-refractivity contribution in [2.75, 3.05) is 6.61 Å². The van der Waals surface area contributed by atoms with Crippen LogP contribution in [0.3, 0.4) is 0 Å². The molecule has 0 heterocycles. The average Bonchev–Trinajstić information content (AvgIpc) is 2.14. The van der Waals surface area contributed by atoms with Gasteiger partial charge >= 0.3 is 5.97 Å². The third-order valence-corrected chi connectivity index (χ3v) is 2.24. The van der Waals surface area contributed by atoms with Gasteiger partial charge in [-0.15, -0.1) is 6.58 Å². The van der Waals surface area contributed by atoms with Gasteiger partial charge in [0.05, 0.1) is 12.0 Å². The number of ether oxygens (including phenoxy) is 1. The molecule has 2 nitrogen and oxygen atoms in total. The van der Waals surface area contributed by atoms with Gasteiger partial charge in [0.2, 0.25) is 0 Å². The predicted octanol–water partition coefficient (Wildman–Crippen LogP) is 2.93. The normalized spacial score (nSPS) is 14.7. The van der Waals surface area contributed by atoms with Gasteiger partial charge in [-0.1, -0.05) is 25.8 Å². The molecule has 13 heavy (non-hydrogen) atoms. The lowest BCUT2D eigenvalue weighted by atomic mass is 9.85. The topological polar surface area (TPSA) is 26.3 Å². The van der Waals surface area contributed by atoms with Gasteiger partial charge in [-0.05, 0) is 20.3 Å². The molecule has 2 heteroatoms. The molecule has 0 saturated heterocycles. The molecule has 1 unspecified atom stereocenters. The van der Waals surface area contributed by atoms with E-state index in [0.29, 0.717) is 6.61 Å². The summed E-state index contributed by atoms with van der Waals surface area (Å²) >= 11 is 0. The van der Waals surface area contributed by atoms with E-state index in [2.05, 4.69) is 13.5 Å². The van der Waals surface area contributed by atoms with E-state index in [4.69, 9.17) is 4.74 Å². The fourth-order valence-electron chi connectivity index (χ4n) is 1.13. The van der Waals surface area contributed by atoms with Crippen LogP contribution >= 0.6 is 0 Å². The van der Waals surface area contributed by atoms with Crippen molar-refractivity contribution in [3.8, 4) is 0 Å². The lowest BCUT2D eigenvalue weighted by molar-refractivity contribution is -0.151. The summed E-state index contributed by atoms with van der Waals surface area (Å²) in [7, 11) is 0. The fraction of sp³-hybridized carbons (Fsp3) is 0.727. The molecule has 0 aromatic heterocycles. The van der Waals surface area contributed by atoms with Crippen LogP contribution in [0.15, 0.2) is 12.7 Å². The molecule has 0 radical (unpaired) electrons. The lowest BCUT2D eigenvalue weighted by Gasteiger charge is -2.22. The van der Waals surface area contributed by atoms with Crippen LogP contribution in [0.25, 0.3) is 0 Å². The van der Waals surface area contributed by atoms with E-state index in [1.807, 2.05) is 13.8 Å². The molecule has 0 aromatic rings. The second kappa shape index (κ2) is 5.79. The van der Waals surface area contributed by atoms with Crippen LogP contribution in [-0.4, -0.2) is 12.6 Å². The minimum Gasteiger partial charge on any atom is -0.465 e. The Kier molecular flexibility index (Phi) is 5.44. The zero-order valence-corrected chi connectivity index (χ0v) is 8.93. The Morgan fingerprint density at radius 3 is 2.54 bits per heavy atom. The summed E-state index contributed by atoms with van der Waals surface area (Å²) in [6, 6.07) is 0. The van der Waals surface area contributed by atoms with Crippen molar-refractivity contribution in [2.24, 2.45) is 5.41 Å². The number of unbranched alkanes of at least 4 members (excludes halogenated alkanes) is 1. The van der Waals surface area contributed by atoms with Crippen molar-refractivity contribution >= 4 is 5.97 Å². The Balaban J connectivity index is 4.24. The molecular formula is C11H20O2. The van der Waals surface area contributed by atoms with E-state index >= 15 is 0 Å². The van der Waals surface area contributed by atoms with Crippen molar-refractivity contribution in [1.82, 2.24) is 0 Å². The predicted molar refractivity (Wildman–Crippen MR) is 54.5 cm³/mol. The molecule has 0 saturated carbocycles. The number of rotatable bonds is 6. The minimum atomic E-state index is -0.494. The van der Waals surface area contributed by atoms with Crippen LogP contribution in [0.1, 0.15) is 40.0 Å². The van der Waals surface area contributed by atoms with Gasteiger partial charge in [0.15, 0.2) is 0 Å². The first kappa shape index (κ1) is 12.2. The van der Waals surface area contributed by atoms with Gasteiger partial charge < -0.3 is 4.74 Å². The van der Waals surface area contributed by atoms with Crippen LogP contribution in [0, 0.1) is 5.41 Å². The standard InChI is InChI=1S/C11H20O2/c1-5-8-9-11(4,6-2)10(12)13-7-3/h6H,2,5,7-9H2,1,3-4H3. The summed E-state index contributed by atoms with van der Waals surface area (Å²) in [5.74, 6) is -0.154. The summed E-state index contributed by atoms with van der Waals surface area (Å²) in [6.45, 7) is 9.94. The SMILES string of the molecule is C=CC(C)(CCCC)C(=O)OCC. The molecule has 0 aliphatic rings. The van der Waals surface area contributed by atoms with Crippen LogP contribution in [0.5, 0.6) is 0 Å². The van der Waals surface area contributed by atoms with Crippen LogP contribution < -0.4 is 0 Å². The van der Waals surface area contributed by atoms with Gasteiger partial charge in [0, 0.05) is 0 Å². The van der Waals surface area contributed by atoms with Crippen molar-refractivity contribution in [3.05, 3.63) is 12.7 Å². The molecule has 0 bridgehead atoms. The quantitative estimate of drug-likeness (QED) is 0.468. The van der Waals surface area contributed by atoms with Crippen LogP contribution in [-0.2, 0) is 9.53 Å². The van der Waals surface area contributed by atoms with Crippen molar-refractivity contribution < 1.29 is 9.53 Å². The maximum absolute atomic E-state index is 11.5. The van der Waals surface area contributed by atoms with Crippen molar-refractivity contribution in [1.29, 1.82) is 0 Å². The fourth-order valence-corrected chi connectivity index (χ4v) is 1.13. The number of carbonyl (C=O) groups is 1. The van der Waals surface area contributed by atoms with Crippen LogP contribution in [0.2, 0.25) is 0 Å². The van der Waals surface area contributed by atoms with Gasteiger partial charge in [-0.2, -0.15) is 0 Å². The molecule has 0 aliphatic carbocycles. The third-order valence-electron chi connectivity index (χ3n) is 2.24. The average molecular weight is 184 g/mol. The van der Waals surface area contributed by atoms with E-state index < -0.39 is 5.41 Å². The van der Waals surface area contributed by atoms with Crippen molar-refractivity contribution in [3.63, 3.8) is 0 Å². The smallest absolute Gasteiger partial charge is 0.315 e. The van der Waals surface area contributed by atoms with E-state index in [0.717, 1.165) is 19.3 Å². The molecule has 0 amide bonds. The van der Waals surface area contributed by atoms with E-state index in [-0.39, 0.29) is 5.97 Å². The Labute approximate surface area is 81.0 Å². The van der Waals surface area contributed by atoms with Gasteiger partial charge in [0.1, 0.15) is 0 Å². The highest BCUT2D eigenvalue weighted by Gasteiger charge is 2.30. The molecule has 0 N–H and O–H groups in total. The zero-order valence-electron chi connectivity index (χ0n) is 8.93. The third kappa shape index (κ3) is 3.62. The Bertz CT molecular complexity index is 175. The zero-order chi connectivity index (χ0) is 10.3. The maximum Gasteiger partial charge on any atom is 0.315 e. The molecule has 1 atom stereocenters. The van der Waals surface area contributed by atoms with Gasteiger partial charge in [-0.25, -0.2) is 0 Å². The largest absolute Gasteiger partial charge is 0.465 e. The van der Waals surface area contributed by atoms with Crippen LogP contribution in [0.4, 0.5) is 0 Å². The summed E-state index contributed by atoms with van der Waals surface area (Å²) < 4.78 is 4.98. The molecule has 0 spiro atoms. The summed E-state index contributed by atoms with van der Waals surface area (Å²) in [4.78, 5) is 11.5. The second-order valence-electron chi connectivity index (χ2n) is 3.45. The maximum atomic E-state index is 11.5. The number of hydrogen-bond acceptors (Lipinski definition) is 2. The Morgan fingerprint density at radius 2 is 2.15 bits per heavy atom. The van der Waals surface area contributed by atoms with Crippen molar-refractivity contribution in [2.45, 2.75) is 40.0 Å². The summed E-state index contributed by atoms with van der Waals surface area (Å²) in [5, 5.41) is 0. The first-order chi connectivity index (χ1) is 6.10. The molecule has 0 aromatic carbocycles. The molecule has 0 rings (SSSR count). The highest BCUT2D eigenvalue weighted by Crippen LogP contribution is 2.26. The number of hydrogen-bond donors (Lipinski definition) is 0. The van der Waals surface area contributed by atoms with E-state index in [1.165, 1.54) is 0 Å². The van der Waals surface area contributed by atoms with Gasteiger partial charge in [-0.3, -0.25) is 4.79 Å². The molecule has 76 valence electrons. The summed E-state index contributed by atoms with van der Waals surface area (Å²) in [6.07, 6.45) is 4.64. The minimum absolute atomic E-state index is 0.154. The molecule has 0 fully saturated rings. The number of esters is 1. The van der Waals surface area contributed by atoms with E-state index in [1.54, 1.807) is 6.08 Å². The Hall–Kier alpha value is -0.790. The highest BCUT2D eigenvalue weighted by molar-refractivity contribution is 5.78. The Morgan fingerprint density at radius 1 is 1.54 bits per heavy atom.